The second kappa shape index (κ2) is 5.06. The minimum absolute atomic E-state index is 0.328. The Morgan fingerprint density at radius 3 is 1.95 bits per heavy atom. The third kappa shape index (κ3) is 2.09. The Bertz CT molecular complexity index is 878. The highest BCUT2D eigenvalue weighted by Gasteiger charge is 2.11. The second-order valence-corrected chi connectivity index (χ2v) is 5.41. The van der Waals surface area contributed by atoms with Crippen molar-refractivity contribution in [3.05, 3.63) is 96.6 Å². The van der Waals surface area contributed by atoms with Crippen molar-refractivity contribution in [2.75, 3.05) is 0 Å². The van der Waals surface area contributed by atoms with Crippen LogP contribution in [0.5, 0.6) is 0 Å². The zero-order valence-corrected chi connectivity index (χ0v) is 11.7. The zero-order valence-electron chi connectivity index (χ0n) is 11.7. The van der Waals surface area contributed by atoms with E-state index in [1.807, 2.05) is 0 Å². The molecule has 4 rings (SSSR count). The van der Waals surface area contributed by atoms with Gasteiger partial charge in [-0.25, -0.2) is 0 Å². The maximum atomic E-state index is 2.34. The molecule has 0 fully saturated rings. The van der Waals surface area contributed by atoms with Gasteiger partial charge in [0.25, 0.3) is 0 Å². The number of hydrogen-bond acceptors (Lipinski definition) is 0. The number of hydrogen-bond donors (Lipinski definition) is 0. The molecule has 0 amide bonds. The molecule has 100 valence electrons. The molecule has 0 radical (unpaired) electrons. The smallest absolute Gasteiger partial charge is 0.0211 e. The lowest BCUT2D eigenvalue weighted by Gasteiger charge is -2.14. The van der Waals surface area contributed by atoms with Gasteiger partial charge >= 0.3 is 0 Å². The SMILES string of the molecule is C1=CC=CC(c2cc3ccccc3c3ccccc23)C=C1. The normalized spacial score (nSPS) is 14.9. The van der Waals surface area contributed by atoms with Crippen LogP contribution in [0.1, 0.15) is 11.5 Å². The molecule has 0 aromatic heterocycles. The third-order valence-electron chi connectivity index (χ3n) is 4.13. The fourth-order valence-corrected chi connectivity index (χ4v) is 3.13. The first-order valence-corrected chi connectivity index (χ1v) is 7.35. The Labute approximate surface area is 124 Å². The van der Waals surface area contributed by atoms with Crippen LogP contribution in [0.25, 0.3) is 21.5 Å². The highest BCUT2D eigenvalue weighted by atomic mass is 14.2. The summed E-state index contributed by atoms with van der Waals surface area (Å²) >= 11 is 0. The third-order valence-corrected chi connectivity index (χ3v) is 4.13. The quantitative estimate of drug-likeness (QED) is 0.492. The predicted octanol–water partition coefficient (Wildman–Crippen LogP) is 5.76. The lowest BCUT2D eigenvalue weighted by molar-refractivity contribution is 1.11. The molecule has 0 heteroatoms. The summed E-state index contributed by atoms with van der Waals surface area (Å²) in [5.74, 6) is 0.328. The number of benzene rings is 3. The first kappa shape index (κ1) is 12.2. The van der Waals surface area contributed by atoms with Crippen LogP contribution in [0.2, 0.25) is 0 Å². The molecule has 0 atom stereocenters. The van der Waals surface area contributed by atoms with Crippen molar-refractivity contribution < 1.29 is 0 Å². The summed E-state index contributed by atoms with van der Waals surface area (Å²) in [6.07, 6.45) is 13.0. The van der Waals surface area contributed by atoms with E-state index >= 15 is 0 Å². The molecular formula is C21H16. The summed E-state index contributed by atoms with van der Waals surface area (Å²) in [5, 5.41) is 5.32. The van der Waals surface area contributed by atoms with Crippen molar-refractivity contribution in [2.45, 2.75) is 5.92 Å². The monoisotopic (exact) mass is 268 g/mol. The predicted molar refractivity (Wildman–Crippen MR) is 91.6 cm³/mol. The van der Waals surface area contributed by atoms with Crippen molar-refractivity contribution in [1.82, 2.24) is 0 Å². The Balaban J connectivity index is 2.07. The molecule has 3 aromatic rings. The number of rotatable bonds is 1. The molecule has 0 bridgehead atoms. The minimum atomic E-state index is 0.328. The van der Waals surface area contributed by atoms with Crippen molar-refractivity contribution in [1.29, 1.82) is 0 Å². The van der Waals surface area contributed by atoms with E-state index in [-0.39, 0.29) is 0 Å². The minimum Gasteiger partial charge on any atom is -0.0732 e. The average Bonchev–Trinajstić information content (AvgIpc) is 2.83. The Kier molecular flexibility index (Phi) is 2.93. The summed E-state index contributed by atoms with van der Waals surface area (Å²) in [6, 6.07) is 19.7. The van der Waals surface area contributed by atoms with Crippen LogP contribution in [-0.2, 0) is 0 Å². The van der Waals surface area contributed by atoms with Gasteiger partial charge in [-0.1, -0.05) is 85.0 Å². The lowest BCUT2D eigenvalue weighted by atomic mass is 9.89. The molecule has 0 unspecified atom stereocenters. The molecule has 0 saturated carbocycles. The molecule has 0 spiro atoms. The number of fused-ring (bicyclic) bond motifs is 3. The summed E-state index contributed by atoms with van der Waals surface area (Å²) < 4.78 is 0. The van der Waals surface area contributed by atoms with Crippen molar-refractivity contribution in [3.63, 3.8) is 0 Å². The Morgan fingerprint density at radius 2 is 1.19 bits per heavy atom. The standard InChI is InChI=1S/C21H16/c1-2-4-10-16(9-3-1)21-15-17-11-5-6-12-18(17)19-13-7-8-14-20(19)21/h1-16H. The maximum Gasteiger partial charge on any atom is 0.0211 e. The topological polar surface area (TPSA) is 0 Å². The highest BCUT2D eigenvalue weighted by Crippen LogP contribution is 2.34. The van der Waals surface area contributed by atoms with Gasteiger partial charge in [-0.3, -0.25) is 0 Å². The summed E-state index contributed by atoms with van der Waals surface area (Å²) in [5.41, 5.74) is 1.38. The highest BCUT2D eigenvalue weighted by molar-refractivity contribution is 6.09. The van der Waals surface area contributed by atoms with Crippen molar-refractivity contribution in [3.8, 4) is 0 Å². The van der Waals surface area contributed by atoms with E-state index in [0.29, 0.717) is 5.92 Å². The first-order valence-electron chi connectivity index (χ1n) is 7.35. The molecule has 3 aromatic carbocycles. The van der Waals surface area contributed by atoms with E-state index in [2.05, 4.69) is 91.1 Å². The van der Waals surface area contributed by atoms with Gasteiger partial charge in [-0.05, 0) is 33.2 Å². The molecular weight excluding hydrogens is 252 g/mol. The fraction of sp³-hybridized carbons (Fsp3) is 0.0476. The molecule has 0 aliphatic heterocycles. The van der Waals surface area contributed by atoms with Crippen LogP contribution in [0.3, 0.4) is 0 Å². The summed E-state index contributed by atoms with van der Waals surface area (Å²) in [7, 11) is 0. The Morgan fingerprint density at radius 1 is 0.571 bits per heavy atom. The molecule has 0 N–H and O–H groups in total. The van der Waals surface area contributed by atoms with Gasteiger partial charge in [0.05, 0.1) is 0 Å². The maximum absolute atomic E-state index is 2.34. The second-order valence-electron chi connectivity index (χ2n) is 5.41. The van der Waals surface area contributed by atoms with E-state index in [9.17, 15) is 0 Å². The van der Waals surface area contributed by atoms with E-state index in [1.165, 1.54) is 27.1 Å². The van der Waals surface area contributed by atoms with E-state index in [1.54, 1.807) is 0 Å². The van der Waals surface area contributed by atoms with Crippen LogP contribution in [0, 0.1) is 0 Å². The molecule has 0 saturated heterocycles. The summed E-state index contributed by atoms with van der Waals surface area (Å²) in [4.78, 5) is 0. The fourth-order valence-electron chi connectivity index (χ4n) is 3.13. The van der Waals surface area contributed by atoms with Gasteiger partial charge in [0.2, 0.25) is 0 Å². The lowest BCUT2D eigenvalue weighted by Crippen LogP contribution is -1.93. The van der Waals surface area contributed by atoms with Crippen LogP contribution >= 0.6 is 0 Å². The zero-order chi connectivity index (χ0) is 14.1. The van der Waals surface area contributed by atoms with Gasteiger partial charge in [0.15, 0.2) is 0 Å². The van der Waals surface area contributed by atoms with Crippen LogP contribution in [0.15, 0.2) is 91.1 Å². The molecule has 0 heterocycles. The van der Waals surface area contributed by atoms with Crippen molar-refractivity contribution >= 4 is 21.5 Å². The molecule has 1 aliphatic rings. The van der Waals surface area contributed by atoms with Crippen LogP contribution in [-0.4, -0.2) is 0 Å². The van der Waals surface area contributed by atoms with Gasteiger partial charge < -0.3 is 0 Å². The van der Waals surface area contributed by atoms with Gasteiger partial charge in [0.1, 0.15) is 0 Å². The molecule has 0 nitrogen and oxygen atoms in total. The van der Waals surface area contributed by atoms with E-state index < -0.39 is 0 Å². The van der Waals surface area contributed by atoms with Crippen molar-refractivity contribution in [2.24, 2.45) is 0 Å². The van der Waals surface area contributed by atoms with E-state index in [0.717, 1.165) is 0 Å². The van der Waals surface area contributed by atoms with Gasteiger partial charge in [-0.15, -0.1) is 0 Å². The first-order chi connectivity index (χ1) is 10.4. The number of allylic oxidation sites excluding steroid dienone is 6. The van der Waals surface area contributed by atoms with Crippen LogP contribution in [0.4, 0.5) is 0 Å². The van der Waals surface area contributed by atoms with Gasteiger partial charge in [-0.2, -0.15) is 0 Å². The largest absolute Gasteiger partial charge is 0.0732 e. The van der Waals surface area contributed by atoms with Gasteiger partial charge in [0, 0.05) is 5.92 Å². The Hall–Kier alpha value is -2.60. The molecule has 1 aliphatic carbocycles. The average molecular weight is 268 g/mol. The summed E-state index contributed by atoms with van der Waals surface area (Å²) in [6.45, 7) is 0. The molecule has 21 heavy (non-hydrogen) atoms. The van der Waals surface area contributed by atoms with Crippen LogP contribution < -0.4 is 0 Å². The van der Waals surface area contributed by atoms with E-state index in [4.69, 9.17) is 0 Å².